The minimum Gasteiger partial charge on any atom is -0.399 e. The van der Waals surface area contributed by atoms with Crippen LogP contribution < -0.4 is 5.73 Å². The van der Waals surface area contributed by atoms with E-state index < -0.39 is 0 Å². The van der Waals surface area contributed by atoms with Crippen LogP contribution in [0.1, 0.15) is 36.9 Å². The molecule has 128 valence electrons. The molecule has 0 saturated carbocycles. The first-order valence-corrected chi connectivity index (χ1v) is 9.14. The number of nitrogen functional groups attached to an aromatic ring is 1. The van der Waals surface area contributed by atoms with Crippen LogP contribution in [0.2, 0.25) is 0 Å². The lowest BCUT2D eigenvalue weighted by molar-refractivity contribution is 0.108. The number of anilines is 1. The molecule has 3 rings (SSSR count). The van der Waals surface area contributed by atoms with Crippen LogP contribution in [0.3, 0.4) is 0 Å². The van der Waals surface area contributed by atoms with Gasteiger partial charge in [0.1, 0.15) is 0 Å². The van der Waals surface area contributed by atoms with Crippen molar-refractivity contribution in [3.63, 3.8) is 0 Å². The molecule has 2 aromatic rings. The molecule has 24 heavy (non-hydrogen) atoms. The highest BCUT2D eigenvalue weighted by atomic mass is 15.3. The van der Waals surface area contributed by atoms with Crippen LogP contribution in [0.4, 0.5) is 5.69 Å². The molecule has 0 spiro atoms. The maximum Gasteiger partial charge on any atom is 0.0602 e. The van der Waals surface area contributed by atoms with Gasteiger partial charge >= 0.3 is 0 Å². The number of benzene rings is 2. The first-order chi connectivity index (χ1) is 11.8. The summed E-state index contributed by atoms with van der Waals surface area (Å²) in [5, 5.41) is 0. The molecule has 1 saturated heterocycles. The SMILES string of the molecule is CCCCN1CCN(C(c2ccccc2)c2ccc(N)cc2)CC1. The van der Waals surface area contributed by atoms with Crippen molar-refractivity contribution in [2.24, 2.45) is 0 Å². The Morgan fingerprint density at radius 2 is 1.50 bits per heavy atom. The average molecular weight is 323 g/mol. The molecule has 1 fully saturated rings. The highest BCUT2D eigenvalue weighted by Gasteiger charge is 2.26. The second-order valence-corrected chi connectivity index (χ2v) is 6.71. The highest BCUT2D eigenvalue weighted by molar-refractivity contribution is 5.42. The van der Waals surface area contributed by atoms with Crippen molar-refractivity contribution < 1.29 is 0 Å². The van der Waals surface area contributed by atoms with Crippen LogP contribution in [0.25, 0.3) is 0 Å². The van der Waals surface area contributed by atoms with Crippen LogP contribution in [-0.2, 0) is 0 Å². The summed E-state index contributed by atoms with van der Waals surface area (Å²) in [4.78, 5) is 5.22. The molecule has 1 atom stereocenters. The lowest BCUT2D eigenvalue weighted by Gasteiger charge is -2.39. The summed E-state index contributed by atoms with van der Waals surface area (Å²) in [7, 11) is 0. The number of nitrogens with two attached hydrogens (primary N) is 1. The van der Waals surface area contributed by atoms with Gasteiger partial charge in [-0.05, 0) is 36.2 Å². The molecule has 3 nitrogen and oxygen atoms in total. The zero-order valence-corrected chi connectivity index (χ0v) is 14.7. The van der Waals surface area contributed by atoms with Gasteiger partial charge in [0.05, 0.1) is 6.04 Å². The molecular weight excluding hydrogens is 294 g/mol. The van der Waals surface area contributed by atoms with Crippen molar-refractivity contribution in [3.8, 4) is 0 Å². The standard InChI is InChI=1S/C21H29N3/c1-2-3-13-23-14-16-24(17-15-23)21(18-7-5-4-6-8-18)19-9-11-20(22)12-10-19/h4-12,21H,2-3,13-17,22H2,1H3. The number of rotatable bonds is 6. The van der Waals surface area contributed by atoms with Gasteiger partial charge in [0.15, 0.2) is 0 Å². The van der Waals surface area contributed by atoms with Crippen LogP contribution >= 0.6 is 0 Å². The molecule has 2 aromatic carbocycles. The predicted molar refractivity (Wildman–Crippen MR) is 102 cm³/mol. The van der Waals surface area contributed by atoms with E-state index in [0.29, 0.717) is 6.04 Å². The Morgan fingerprint density at radius 3 is 2.12 bits per heavy atom. The van der Waals surface area contributed by atoms with Gasteiger partial charge in [-0.2, -0.15) is 0 Å². The predicted octanol–water partition coefficient (Wildman–Crippen LogP) is 3.78. The summed E-state index contributed by atoms with van der Waals surface area (Å²) in [6, 6.07) is 19.5. The molecule has 0 amide bonds. The topological polar surface area (TPSA) is 32.5 Å². The maximum atomic E-state index is 5.89. The Hall–Kier alpha value is -1.84. The van der Waals surface area contributed by atoms with Crippen molar-refractivity contribution in [1.29, 1.82) is 0 Å². The molecule has 1 heterocycles. The summed E-state index contributed by atoms with van der Waals surface area (Å²) in [6.45, 7) is 8.07. The van der Waals surface area contributed by atoms with Gasteiger partial charge in [0.2, 0.25) is 0 Å². The minimum atomic E-state index is 0.320. The van der Waals surface area contributed by atoms with E-state index in [2.05, 4.69) is 59.2 Å². The van der Waals surface area contributed by atoms with Gasteiger partial charge in [-0.1, -0.05) is 55.8 Å². The van der Waals surface area contributed by atoms with E-state index in [-0.39, 0.29) is 0 Å². The molecular formula is C21H29N3. The van der Waals surface area contributed by atoms with Gasteiger partial charge in [0.25, 0.3) is 0 Å². The van der Waals surface area contributed by atoms with Gasteiger partial charge in [-0.15, -0.1) is 0 Å². The second-order valence-electron chi connectivity index (χ2n) is 6.71. The normalized spacial score (nSPS) is 17.7. The summed E-state index contributed by atoms with van der Waals surface area (Å²) >= 11 is 0. The van der Waals surface area contributed by atoms with Crippen molar-refractivity contribution in [3.05, 3.63) is 65.7 Å². The quantitative estimate of drug-likeness (QED) is 0.821. The second kappa shape index (κ2) is 8.32. The molecule has 0 radical (unpaired) electrons. The van der Waals surface area contributed by atoms with E-state index in [1.54, 1.807) is 0 Å². The lowest BCUT2D eigenvalue weighted by atomic mass is 9.96. The molecule has 1 aliphatic heterocycles. The van der Waals surface area contributed by atoms with E-state index in [1.165, 1.54) is 30.5 Å². The fourth-order valence-corrected chi connectivity index (χ4v) is 3.55. The molecule has 2 N–H and O–H groups in total. The Balaban J connectivity index is 1.77. The number of hydrogen-bond acceptors (Lipinski definition) is 3. The van der Waals surface area contributed by atoms with Gasteiger partial charge in [-0.25, -0.2) is 0 Å². The molecule has 0 bridgehead atoms. The zero-order valence-electron chi connectivity index (χ0n) is 14.7. The fraction of sp³-hybridized carbons (Fsp3) is 0.429. The zero-order chi connectivity index (χ0) is 16.8. The van der Waals surface area contributed by atoms with Crippen molar-refractivity contribution in [2.45, 2.75) is 25.8 Å². The first-order valence-electron chi connectivity index (χ1n) is 9.14. The van der Waals surface area contributed by atoms with E-state index >= 15 is 0 Å². The smallest absolute Gasteiger partial charge is 0.0602 e. The minimum absolute atomic E-state index is 0.320. The maximum absolute atomic E-state index is 5.89. The summed E-state index contributed by atoms with van der Waals surface area (Å²) in [6.07, 6.45) is 2.58. The van der Waals surface area contributed by atoms with E-state index in [0.717, 1.165) is 31.9 Å². The Labute approximate surface area is 146 Å². The monoisotopic (exact) mass is 323 g/mol. The summed E-state index contributed by atoms with van der Waals surface area (Å²) in [5.41, 5.74) is 9.41. The van der Waals surface area contributed by atoms with Gasteiger partial charge in [-0.3, -0.25) is 4.90 Å². The third-order valence-corrected chi connectivity index (χ3v) is 4.97. The van der Waals surface area contributed by atoms with Crippen LogP contribution in [0, 0.1) is 0 Å². The number of hydrogen-bond donors (Lipinski definition) is 1. The summed E-state index contributed by atoms with van der Waals surface area (Å²) in [5.74, 6) is 0. The summed E-state index contributed by atoms with van der Waals surface area (Å²) < 4.78 is 0. The largest absolute Gasteiger partial charge is 0.399 e. The van der Waals surface area contributed by atoms with Crippen LogP contribution in [0.15, 0.2) is 54.6 Å². The third kappa shape index (κ3) is 4.16. The Bertz CT molecular complexity index is 601. The molecule has 0 aromatic heterocycles. The average Bonchev–Trinajstić information content (AvgIpc) is 2.64. The lowest BCUT2D eigenvalue weighted by Crippen LogP contribution is -2.48. The number of piperazine rings is 1. The number of nitrogens with zero attached hydrogens (tertiary/aromatic N) is 2. The number of unbranched alkanes of at least 4 members (excludes halogenated alkanes) is 1. The molecule has 1 aliphatic rings. The van der Waals surface area contributed by atoms with Crippen molar-refractivity contribution in [1.82, 2.24) is 9.80 Å². The Kier molecular flexibility index (Phi) is 5.89. The molecule has 1 unspecified atom stereocenters. The van der Waals surface area contributed by atoms with Crippen LogP contribution in [-0.4, -0.2) is 42.5 Å². The fourth-order valence-electron chi connectivity index (χ4n) is 3.55. The molecule has 3 heteroatoms. The first kappa shape index (κ1) is 17.0. The van der Waals surface area contributed by atoms with Crippen molar-refractivity contribution >= 4 is 5.69 Å². The van der Waals surface area contributed by atoms with Gasteiger partial charge < -0.3 is 10.6 Å². The van der Waals surface area contributed by atoms with E-state index in [9.17, 15) is 0 Å². The van der Waals surface area contributed by atoms with E-state index in [1.807, 2.05) is 12.1 Å². The molecule has 0 aliphatic carbocycles. The third-order valence-electron chi connectivity index (χ3n) is 4.97. The van der Waals surface area contributed by atoms with E-state index in [4.69, 9.17) is 5.73 Å². The van der Waals surface area contributed by atoms with Gasteiger partial charge in [0, 0.05) is 31.9 Å². The Morgan fingerprint density at radius 1 is 0.875 bits per heavy atom. The van der Waals surface area contributed by atoms with Crippen molar-refractivity contribution in [2.75, 3.05) is 38.5 Å². The highest BCUT2D eigenvalue weighted by Crippen LogP contribution is 2.30. The van der Waals surface area contributed by atoms with Crippen LogP contribution in [0.5, 0.6) is 0 Å².